The van der Waals surface area contributed by atoms with Gasteiger partial charge >= 0.3 is 5.97 Å². The van der Waals surface area contributed by atoms with E-state index in [9.17, 15) is 4.79 Å². The molecule has 2 heteroatoms. The Morgan fingerprint density at radius 3 is 2.41 bits per heavy atom. The zero-order valence-electron chi connectivity index (χ0n) is 11.3. The van der Waals surface area contributed by atoms with Gasteiger partial charge in [0.15, 0.2) is 0 Å². The lowest BCUT2D eigenvalue weighted by atomic mass is 9.65. The molecule has 0 heterocycles. The molecule has 2 nitrogen and oxygen atoms in total. The van der Waals surface area contributed by atoms with Crippen LogP contribution in [0.15, 0.2) is 0 Å². The molecule has 2 saturated carbocycles. The molecule has 0 bridgehead atoms. The largest absolute Gasteiger partial charge is 0.469 e. The summed E-state index contributed by atoms with van der Waals surface area (Å²) in [7, 11) is 1.54. The maximum absolute atomic E-state index is 11.9. The van der Waals surface area contributed by atoms with E-state index in [0.717, 1.165) is 18.3 Å². The van der Waals surface area contributed by atoms with E-state index in [1.165, 1.54) is 52.1 Å². The smallest absolute Gasteiger partial charge is 0.308 e. The molecule has 0 unspecified atom stereocenters. The van der Waals surface area contributed by atoms with Crippen LogP contribution in [0.1, 0.15) is 58.3 Å². The van der Waals surface area contributed by atoms with Crippen LogP contribution in [0.5, 0.6) is 0 Å². The van der Waals surface area contributed by atoms with Crippen LogP contribution in [0.3, 0.4) is 0 Å². The second-order valence-corrected chi connectivity index (χ2v) is 6.11. The van der Waals surface area contributed by atoms with Gasteiger partial charge in [-0.25, -0.2) is 0 Å². The van der Waals surface area contributed by atoms with Gasteiger partial charge in [-0.15, -0.1) is 0 Å². The van der Waals surface area contributed by atoms with Crippen molar-refractivity contribution in [3.05, 3.63) is 0 Å². The number of hydrogen-bond acceptors (Lipinski definition) is 2. The van der Waals surface area contributed by atoms with Crippen molar-refractivity contribution < 1.29 is 9.53 Å². The predicted octanol–water partition coefficient (Wildman–Crippen LogP) is 3.79. The van der Waals surface area contributed by atoms with Gasteiger partial charge in [0.1, 0.15) is 0 Å². The molecule has 0 aromatic rings. The predicted molar refractivity (Wildman–Crippen MR) is 68.6 cm³/mol. The van der Waals surface area contributed by atoms with Crippen LogP contribution >= 0.6 is 0 Å². The summed E-state index contributed by atoms with van der Waals surface area (Å²) in [4.78, 5) is 11.9. The van der Waals surface area contributed by atoms with E-state index in [1.54, 1.807) is 0 Å². The zero-order chi connectivity index (χ0) is 12.3. The van der Waals surface area contributed by atoms with Gasteiger partial charge in [-0.1, -0.05) is 39.0 Å². The third kappa shape index (κ3) is 3.02. The molecule has 0 amide bonds. The number of ether oxygens (including phenoxy) is 1. The molecule has 0 saturated heterocycles. The Labute approximate surface area is 105 Å². The first-order valence-electron chi connectivity index (χ1n) is 7.30. The van der Waals surface area contributed by atoms with Crippen LogP contribution in [0, 0.1) is 23.7 Å². The molecule has 0 aromatic carbocycles. The highest BCUT2D eigenvalue weighted by Crippen LogP contribution is 2.43. The van der Waals surface area contributed by atoms with Gasteiger partial charge in [-0.3, -0.25) is 4.79 Å². The monoisotopic (exact) mass is 238 g/mol. The minimum Gasteiger partial charge on any atom is -0.469 e. The third-order valence-electron chi connectivity index (χ3n) is 4.92. The summed E-state index contributed by atoms with van der Waals surface area (Å²) in [5.74, 6) is 2.43. The minimum atomic E-state index is 0.0486. The first-order valence-corrected chi connectivity index (χ1v) is 7.30. The molecule has 0 N–H and O–H groups in total. The Bertz CT molecular complexity index is 256. The third-order valence-corrected chi connectivity index (χ3v) is 4.92. The molecule has 17 heavy (non-hydrogen) atoms. The average Bonchev–Trinajstić information content (AvgIpc) is 2.39. The first-order chi connectivity index (χ1) is 8.22. The lowest BCUT2D eigenvalue weighted by molar-refractivity contribution is -0.150. The average molecular weight is 238 g/mol. The number of hydrogen-bond donors (Lipinski definition) is 0. The Morgan fingerprint density at radius 1 is 1.06 bits per heavy atom. The molecule has 3 atom stereocenters. The van der Waals surface area contributed by atoms with E-state index in [2.05, 4.69) is 6.92 Å². The van der Waals surface area contributed by atoms with Gasteiger partial charge in [-0.05, 0) is 37.0 Å². The van der Waals surface area contributed by atoms with E-state index in [-0.39, 0.29) is 11.9 Å². The molecule has 0 aromatic heterocycles. The van der Waals surface area contributed by atoms with Crippen molar-refractivity contribution in [3.63, 3.8) is 0 Å². The Hall–Kier alpha value is -0.530. The molecule has 2 rings (SSSR count). The lowest BCUT2D eigenvalue weighted by Gasteiger charge is -2.39. The van der Waals surface area contributed by atoms with Gasteiger partial charge in [0, 0.05) is 0 Å². The summed E-state index contributed by atoms with van der Waals surface area (Å²) in [6, 6.07) is 0. The number of carbonyl (C=O) groups excluding carboxylic acids is 1. The molecular formula is C15H26O2. The summed E-state index contributed by atoms with van der Waals surface area (Å²) in [6.45, 7) is 2.34. The molecule has 0 spiro atoms. The van der Waals surface area contributed by atoms with Gasteiger partial charge in [-0.2, -0.15) is 0 Å². The van der Waals surface area contributed by atoms with E-state index in [1.807, 2.05) is 0 Å². The summed E-state index contributed by atoms with van der Waals surface area (Å²) in [6.07, 6.45) is 10.3. The fourth-order valence-electron chi connectivity index (χ4n) is 3.95. The van der Waals surface area contributed by atoms with Crippen molar-refractivity contribution in [1.29, 1.82) is 0 Å². The Morgan fingerprint density at radius 2 is 1.76 bits per heavy atom. The van der Waals surface area contributed by atoms with Crippen molar-refractivity contribution in [2.45, 2.75) is 58.3 Å². The molecule has 2 aliphatic rings. The summed E-state index contributed by atoms with van der Waals surface area (Å²) in [5, 5.41) is 0. The van der Waals surface area contributed by atoms with Crippen LogP contribution < -0.4 is 0 Å². The fourth-order valence-corrected chi connectivity index (χ4v) is 3.95. The van der Waals surface area contributed by atoms with Crippen molar-refractivity contribution in [2.75, 3.05) is 7.11 Å². The van der Waals surface area contributed by atoms with Crippen molar-refractivity contribution >= 4 is 5.97 Å². The number of carbonyl (C=O) groups is 1. The van der Waals surface area contributed by atoms with Gasteiger partial charge in [0.05, 0.1) is 13.0 Å². The topological polar surface area (TPSA) is 26.3 Å². The van der Waals surface area contributed by atoms with Crippen molar-refractivity contribution in [1.82, 2.24) is 0 Å². The van der Waals surface area contributed by atoms with E-state index in [0.29, 0.717) is 5.92 Å². The van der Waals surface area contributed by atoms with Crippen LogP contribution in [-0.2, 0) is 9.53 Å². The molecule has 2 aliphatic carbocycles. The fraction of sp³-hybridized carbons (Fsp3) is 0.933. The Kier molecular flexibility index (Phi) is 4.47. The summed E-state index contributed by atoms with van der Waals surface area (Å²) < 4.78 is 5.01. The highest BCUT2D eigenvalue weighted by atomic mass is 16.5. The van der Waals surface area contributed by atoms with Gasteiger partial charge in [0.2, 0.25) is 0 Å². The number of rotatable bonds is 2. The second kappa shape index (κ2) is 5.88. The zero-order valence-corrected chi connectivity index (χ0v) is 11.3. The maximum atomic E-state index is 11.9. The first kappa shape index (κ1) is 12.9. The van der Waals surface area contributed by atoms with Crippen LogP contribution in [0.25, 0.3) is 0 Å². The molecule has 0 radical (unpaired) electrons. The van der Waals surface area contributed by atoms with Crippen LogP contribution in [-0.4, -0.2) is 13.1 Å². The molecule has 98 valence electrons. The van der Waals surface area contributed by atoms with Gasteiger partial charge < -0.3 is 4.74 Å². The van der Waals surface area contributed by atoms with Crippen molar-refractivity contribution in [3.8, 4) is 0 Å². The summed E-state index contributed by atoms with van der Waals surface area (Å²) >= 11 is 0. The van der Waals surface area contributed by atoms with Gasteiger partial charge in [0.25, 0.3) is 0 Å². The quantitative estimate of drug-likeness (QED) is 0.684. The van der Waals surface area contributed by atoms with E-state index >= 15 is 0 Å². The van der Waals surface area contributed by atoms with Crippen molar-refractivity contribution in [2.24, 2.45) is 23.7 Å². The minimum absolute atomic E-state index is 0.0486. The van der Waals surface area contributed by atoms with E-state index in [4.69, 9.17) is 4.74 Å². The summed E-state index contributed by atoms with van der Waals surface area (Å²) in [5.41, 5.74) is 0. The molecular weight excluding hydrogens is 212 g/mol. The normalized spacial score (nSPS) is 35.5. The highest BCUT2D eigenvalue weighted by Gasteiger charge is 2.38. The standard InChI is InChI=1S/C15H26O2/c1-11-8-9-13(15(16)17-2)14(10-11)12-6-4-3-5-7-12/h11-14H,3-10H2,1-2H3/t11-,13-,14+/m1/s1. The number of esters is 1. The number of methoxy groups -OCH3 is 1. The Balaban J connectivity index is 2.04. The molecule has 2 fully saturated rings. The molecule has 0 aliphatic heterocycles. The van der Waals surface area contributed by atoms with Crippen LogP contribution in [0.2, 0.25) is 0 Å². The second-order valence-electron chi connectivity index (χ2n) is 6.11. The van der Waals surface area contributed by atoms with Crippen LogP contribution in [0.4, 0.5) is 0 Å². The lowest BCUT2D eigenvalue weighted by Crippen LogP contribution is -2.36. The highest BCUT2D eigenvalue weighted by molar-refractivity contribution is 5.72. The SMILES string of the molecule is COC(=O)[C@@H]1CC[C@@H](C)C[C@H]1C1CCCCC1. The van der Waals surface area contributed by atoms with E-state index < -0.39 is 0 Å². The maximum Gasteiger partial charge on any atom is 0.308 e.